The third kappa shape index (κ3) is 6.39. The monoisotopic (exact) mass is 952 g/mol. The zero-order valence-corrected chi connectivity index (χ0v) is 43.0. The van der Waals surface area contributed by atoms with Gasteiger partial charge in [-0.1, -0.05) is 214 Å². The normalized spacial score (nSPS) is 14.3. The molecule has 0 aliphatic carbocycles. The zero-order valence-electron chi connectivity index (χ0n) is 41.0. The summed E-state index contributed by atoms with van der Waals surface area (Å²) in [5, 5.41) is 15.7. The van der Waals surface area contributed by atoms with E-state index in [0.717, 1.165) is 11.4 Å². The minimum Gasteiger partial charge on any atom is -0.311 e. The molecule has 2 heterocycles. The van der Waals surface area contributed by atoms with Crippen LogP contribution in [0.4, 0.5) is 34.1 Å². The van der Waals surface area contributed by atoms with Gasteiger partial charge in [0.25, 0.3) is 0 Å². The summed E-state index contributed by atoms with van der Waals surface area (Å²) < 4.78 is 0. The van der Waals surface area contributed by atoms with Crippen molar-refractivity contribution in [1.82, 2.24) is 0 Å². The molecule has 0 aromatic heterocycles. The summed E-state index contributed by atoms with van der Waals surface area (Å²) in [5.74, 6) is 0. The highest BCUT2D eigenvalue weighted by Crippen LogP contribution is 2.50. The fourth-order valence-electron chi connectivity index (χ4n) is 12.6. The van der Waals surface area contributed by atoms with Crippen LogP contribution in [0.15, 0.2) is 243 Å². The third-order valence-electron chi connectivity index (χ3n) is 16.2. The third-order valence-corrected chi connectivity index (χ3v) is 23.3. The second-order valence-corrected chi connectivity index (χ2v) is 29.5. The maximum Gasteiger partial charge on any atom is 0.117 e. The van der Waals surface area contributed by atoms with Crippen LogP contribution in [0, 0.1) is 0 Å². The summed E-state index contributed by atoms with van der Waals surface area (Å²) >= 11 is 0. The Kier molecular flexibility index (Phi) is 9.54. The minimum absolute atomic E-state index is 1.16. The Morgan fingerprint density at radius 1 is 0.264 bits per heavy atom. The SMILES string of the molecule is C[Si]1(C)c2ccccc2N(c2ccc3c(-c4ccc5ccccc5c4)c4cc(N5c6ccccc6[Si](C)(C)c6ccccc65)ccc4c(-c4ccc(-c5cccc6ccccc56)cc4)c3c2)c2ccccc21. The first kappa shape index (κ1) is 42.6. The van der Waals surface area contributed by atoms with Gasteiger partial charge in [-0.3, -0.25) is 0 Å². The van der Waals surface area contributed by atoms with E-state index in [4.69, 9.17) is 0 Å². The van der Waals surface area contributed by atoms with E-state index in [0.29, 0.717) is 0 Å². The summed E-state index contributed by atoms with van der Waals surface area (Å²) in [6.45, 7) is 10.0. The molecule has 0 saturated carbocycles. The second-order valence-electron chi connectivity index (χ2n) is 20.9. The quantitative estimate of drug-likeness (QED) is 0.125. The summed E-state index contributed by atoms with van der Waals surface area (Å²) in [5.41, 5.74) is 14.8. The van der Waals surface area contributed by atoms with E-state index < -0.39 is 16.1 Å². The lowest BCUT2D eigenvalue weighted by Gasteiger charge is -2.41. The second kappa shape index (κ2) is 16.1. The molecule has 12 aromatic rings. The highest BCUT2D eigenvalue weighted by atomic mass is 28.3. The van der Waals surface area contributed by atoms with Crippen LogP contribution in [0.2, 0.25) is 26.2 Å². The van der Waals surface area contributed by atoms with Crippen molar-refractivity contribution in [3.8, 4) is 33.4 Å². The van der Waals surface area contributed by atoms with Gasteiger partial charge in [-0.15, -0.1) is 0 Å². The van der Waals surface area contributed by atoms with Crippen molar-refractivity contribution in [2.24, 2.45) is 0 Å². The van der Waals surface area contributed by atoms with Crippen LogP contribution < -0.4 is 30.5 Å². The molecule has 0 saturated heterocycles. The van der Waals surface area contributed by atoms with Crippen molar-refractivity contribution < 1.29 is 0 Å². The van der Waals surface area contributed by atoms with Crippen molar-refractivity contribution >= 4 is 114 Å². The average molecular weight is 953 g/mol. The maximum absolute atomic E-state index is 2.54. The van der Waals surface area contributed by atoms with Gasteiger partial charge in [-0.05, 0) is 152 Å². The Hall–Kier alpha value is -8.29. The predicted molar refractivity (Wildman–Crippen MR) is 316 cm³/mol. The molecule has 0 bridgehead atoms. The molecule has 0 unspecified atom stereocenters. The first-order valence-corrected chi connectivity index (χ1v) is 31.3. The maximum atomic E-state index is 2.54. The number of fused-ring (bicyclic) bond motifs is 8. The van der Waals surface area contributed by atoms with Gasteiger partial charge in [0.2, 0.25) is 0 Å². The molecule has 0 N–H and O–H groups in total. The Bertz CT molecular complexity index is 4080. The Balaban J connectivity index is 1.08. The summed E-state index contributed by atoms with van der Waals surface area (Å²) in [4.78, 5) is 5.07. The van der Waals surface area contributed by atoms with Crippen LogP contribution in [-0.2, 0) is 0 Å². The number of anilines is 6. The van der Waals surface area contributed by atoms with Gasteiger partial charge in [0.15, 0.2) is 0 Å². The molecular weight excluding hydrogens is 901 g/mol. The van der Waals surface area contributed by atoms with E-state index in [-0.39, 0.29) is 0 Å². The molecule has 12 aromatic carbocycles. The summed E-state index contributed by atoms with van der Waals surface area (Å²) in [6.07, 6.45) is 0. The number of benzene rings is 12. The summed E-state index contributed by atoms with van der Waals surface area (Å²) in [7, 11) is -4.00. The number of para-hydroxylation sites is 4. The Labute approximate surface area is 423 Å². The van der Waals surface area contributed by atoms with E-state index in [1.165, 1.54) is 120 Å². The standard InChI is InChI=1S/C68H52N2Si2/c1-71(2)63-28-13-9-24-59(63)69(60-25-10-14-29-64(60)71)51-39-41-56-57(43-51)67(48-35-33-47(34-36-48)54-23-17-21-46-19-7-8-22-53(46)54)55-40-38-52(44-58(55)68(56)50-37-32-45-18-5-6-20-49(45)42-50)70-61-26-11-15-30-65(61)72(3,4)66-31-16-12-27-62(66)70/h5-44H,1-4H3. The van der Waals surface area contributed by atoms with Crippen LogP contribution in [0.3, 0.4) is 0 Å². The van der Waals surface area contributed by atoms with Crippen LogP contribution in [0.1, 0.15) is 0 Å². The molecule has 0 fully saturated rings. The Morgan fingerprint density at radius 3 is 1.19 bits per heavy atom. The topological polar surface area (TPSA) is 6.48 Å². The molecule has 2 aliphatic rings. The lowest BCUT2D eigenvalue weighted by atomic mass is 9.84. The van der Waals surface area contributed by atoms with Gasteiger partial charge in [0.05, 0.1) is 0 Å². The molecule has 0 atom stereocenters. The molecule has 2 nitrogen and oxygen atoms in total. The number of nitrogens with zero attached hydrogens (tertiary/aromatic N) is 2. The van der Waals surface area contributed by atoms with Crippen LogP contribution in [0.5, 0.6) is 0 Å². The lowest BCUT2D eigenvalue weighted by molar-refractivity contribution is 1.29. The molecule has 14 rings (SSSR count). The zero-order chi connectivity index (χ0) is 48.3. The van der Waals surface area contributed by atoms with Crippen molar-refractivity contribution in [2.45, 2.75) is 26.2 Å². The largest absolute Gasteiger partial charge is 0.311 e. The number of rotatable bonds is 5. The minimum atomic E-state index is -2.00. The lowest BCUT2D eigenvalue weighted by Crippen LogP contribution is -2.58. The van der Waals surface area contributed by atoms with Gasteiger partial charge < -0.3 is 9.80 Å². The van der Waals surface area contributed by atoms with E-state index in [2.05, 4.69) is 279 Å². The van der Waals surface area contributed by atoms with Gasteiger partial charge in [0.1, 0.15) is 16.1 Å². The molecule has 0 spiro atoms. The molecule has 4 heteroatoms. The summed E-state index contributed by atoms with van der Waals surface area (Å²) in [6, 6.07) is 91.8. The average Bonchev–Trinajstić information content (AvgIpc) is 3.42. The molecule has 0 radical (unpaired) electrons. The molecule has 2 aliphatic heterocycles. The first-order chi connectivity index (χ1) is 35.2. The van der Waals surface area contributed by atoms with Crippen LogP contribution >= 0.6 is 0 Å². The number of hydrogen-bond donors (Lipinski definition) is 0. The molecule has 72 heavy (non-hydrogen) atoms. The van der Waals surface area contributed by atoms with Crippen molar-refractivity contribution in [1.29, 1.82) is 0 Å². The predicted octanol–water partition coefficient (Wildman–Crippen LogP) is 16.5. The Morgan fingerprint density at radius 2 is 0.667 bits per heavy atom. The van der Waals surface area contributed by atoms with E-state index in [1.54, 1.807) is 0 Å². The fourth-order valence-corrected chi connectivity index (χ4v) is 18.6. The van der Waals surface area contributed by atoms with Crippen LogP contribution in [-0.4, -0.2) is 16.1 Å². The van der Waals surface area contributed by atoms with Gasteiger partial charge in [-0.2, -0.15) is 0 Å². The van der Waals surface area contributed by atoms with E-state index in [1.807, 2.05) is 0 Å². The van der Waals surface area contributed by atoms with Crippen molar-refractivity contribution in [3.05, 3.63) is 243 Å². The van der Waals surface area contributed by atoms with E-state index in [9.17, 15) is 0 Å². The number of hydrogen-bond acceptors (Lipinski definition) is 2. The first-order valence-electron chi connectivity index (χ1n) is 25.3. The van der Waals surface area contributed by atoms with Crippen molar-refractivity contribution in [3.63, 3.8) is 0 Å². The molecular formula is C68H52N2Si2. The van der Waals surface area contributed by atoms with Gasteiger partial charge >= 0.3 is 0 Å². The van der Waals surface area contributed by atoms with E-state index >= 15 is 0 Å². The van der Waals surface area contributed by atoms with Crippen molar-refractivity contribution in [2.75, 3.05) is 9.80 Å². The smallest absolute Gasteiger partial charge is 0.117 e. The molecule has 0 amide bonds. The van der Waals surface area contributed by atoms with Gasteiger partial charge in [-0.25, -0.2) is 0 Å². The highest BCUT2D eigenvalue weighted by molar-refractivity contribution is 7.03. The van der Waals surface area contributed by atoms with Gasteiger partial charge in [0, 0.05) is 34.1 Å². The molecule has 342 valence electrons. The fraction of sp³-hybridized carbons (Fsp3) is 0.0588. The highest BCUT2D eigenvalue weighted by Gasteiger charge is 2.40. The van der Waals surface area contributed by atoms with Crippen LogP contribution in [0.25, 0.3) is 76.5 Å².